The molecular formula is C17H21ClO3. The minimum atomic E-state index is -0.825. The van der Waals surface area contributed by atoms with Crippen LogP contribution in [0.2, 0.25) is 5.02 Å². The van der Waals surface area contributed by atoms with Crippen LogP contribution >= 0.6 is 11.6 Å². The van der Waals surface area contributed by atoms with Gasteiger partial charge in [-0.1, -0.05) is 30.5 Å². The molecule has 2 fully saturated rings. The molecule has 3 nitrogen and oxygen atoms in total. The topological polar surface area (TPSA) is 46.5 Å². The van der Waals surface area contributed by atoms with Crippen molar-refractivity contribution in [2.24, 2.45) is 5.92 Å². The number of aliphatic carboxylic acids is 1. The van der Waals surface area contributed by atoms with Crippen LogP contribution in [-0.2, 0) is 10.2 Å². The second kappa shape index (κ2) is 5.53. The van der Waals surface area contributed by atoms with Crippen molar-refractivity contribution < 1.29 is 14.6 Å². The van der Waals surface area contributed by atoms with Crippen LogP contribution in [0, 0.1) is 12.8 Å². The van der Waals surface area contributed by atoms with Gasteiger partial charge in [0.1, 0.15) is 5.75 Å². The lowest BCUT2D eigenvalue weighted by Gasteiger charge is -2.28. The van der Waals surface area contributed by atoms with E-state index in [1.807, 2.05) is 19.1 Å². The molecule has 0 bridgehead atoms. The van der Waals surface area contributed by atoms with Crippen molar-refractivity contribution in [2.75, 3.05) is 6.61 Å². The van der Waals surface area contributed by atoms with Gasteiger partial charge in [0, 0.05) is 5.56 Å². The fourth-order valence-electron chi connectivity index (χ4n) is 3.29. The fraction of sp³-hybridized carbons (Fsp3) is 0.588. The highest BCUT2D eigenvalue weighted by Gasteiger charge is 2.45. The number of ether oxygens (including phenoxy) is 1. The number of carboxylic acid groups (broad SMARTS) is 1. The number of carboxylic acids is 1. The second-order valence-electron chi connectivity index (χ2n) is 6.47. The van der Waals surface area contributed by atoms with Crippen LogP contribution in [0.4, 0.5) is 0 Å². The first-order valence-corrected chi connectivity index (χ1v) is 8.07. The standard InChI is InChI=1S/C17H21ClO3/c1-11-8-13(17(16(19)20)6-2-3-7-17)15(14(18)9-11)21-10-12-4-5-12/h8-9,12H,2-7,10H2,1H3,(H,19,20). The normalized spacial score (nSPS) is 20.5. The molecule has 0 aliphatic heterocycles. The minimum Gasteiger partial charge on any atom is -0.491 e. The summed E-state index contributed by atoms with van der Waals surface area (Å²) < 4.78 is 5.94. The van der Waals surface area contributed by atoms with Crippen LogP contribution in [0.25, 0.3) is 0 Å². The molecule has 1 aromatic rings. The van der Waals surface area contributed by atoms with Gasteiger partial charge in [-0.05, 0) is 50.2 Å². The van der Waals surface area contributed by atoms with Gasteiger partial charge >= 0.3 is 5.97 Å². The molecule has 0 unspecified atom stereocenters. The average Bonchev–Trinajstić information content (AvgIpc) is 3.11. The van der Waals surface area contributed by atoms with E-state index in [1.165, 1.54) is 12.8 Å². The van der Waals surface area contributed by atoms with E-state index in [-0.39, 0.29) is 0 Å². The number of hydrogen-bond acceptors (Lipinski definition) is 2. The summed E-state index contributed by atoms with van der Waals surface area (Å²) in [5.74, 6) is 0.455. The van der Waals surface area contributed by atoms with Crippen molar-refractivity contribution in [3.8, 4) is 5.75 Å². The van der Waals surface area contributed by atoms with E-state index < -0.39 is 11.4 Å². The van der Waals surface area contributed by atoms with Crippen molar-refractivity contribution in [1.82, 2.24) is 0 Å². The van der Waals surface area contributed by atoms with Crippen molar-refractivity contribution in [3.63, 3.8) is 0 Å². The molecule has 21 heavy (non-hydrogen) atoms. The van der Waals surface area contributed by atoms with Gasteiger partial charge in [-0.25, -0.2) is 0 Å². The van der Waals surface area contributed by atoms with Crippen LogP contribution in [0.5, 0.6) is 5.75 Å². The maximum absolute atomic E-state index is 12.0. The second-order valence-corrected chi connectivity index (χ2v) is 6.88. The quantitative estimate of drug-likeness (QED) is 0.880. The summed E-state index contributed by atoms with van der Waals surface area (Å²) in [6.07, 6.45) is 5.62. The molecule has 0 spiro atoms. The number of rotatable bonds is 5. The molecule has 0 amide bonds. The SMILES string of the molecule is Cc1cc(Cl)c(OCC2CC2)c(C2(C(=O)O)CCCC2)c1. The summed E-state index contributed by atoms with van der Waals surface area (Å²) in [5.41, 5.74) is 0.939. The molecule has 2 saturated carbocycles. The van der Waals surface area contributed by atoms with Crippen molar-refractivity contribution >= 4 is 17.6 Å². The van der Waals surface area contributed by atoms with E-state index in [9.17, 15) is 9.90 Å². The van der Waals surface area contributed by atoms with Crippen molar-refractivity contribution in [3.05, 3.63) is 28.3 Å². The van der Waals surface area contributed by atoms with Gasteiger partial charge in [-0.3, -0.25) is 4.79 Å². The summed E-state index contributed by atoms with van der Waals surface area (Å²) in [5, 5.41) is 10.4. The lowest BCUT2D eigenvalue weighted by molar-refractivity contribution is -0.143. The average molecular weight is 309 g/mol. The minimum absolute atomic E-state index is 0.540. The molecule has 114 valence electrons. The Kier molecular flexibility index (Phi) is 3.87. The zero-order valence-corrected chi connectivity index (χ0v) is 13.1. The Labute approximate surface area is 130 Å². The highest BCUT2D eigenvalue weighted by molar-refractivity contribution is 6.32. The van der Waals surface area contributed by atoms with Crippen molar-refractivity contribution in [1.29, 1.82) is 0 Å². The Morgan fingerprint density at radius 2 is 2.05 bits per heavy atom. The first-order chi connectivity index (χ1) is 10.0. The van der Waals surface area contributed by atoms with E-state index in [1.54, 1.807) is 0 Å². The van der Waals surface area contributed by atoms with Gasteiger partial charge in [0.05, 0.1) is 17.0 Å². The third-order valence-electron chi connectivity index (χ3n) is 4.73. The summed E-state index contributed by atoms with van der Waals surface area (Å²) in [6, 6.07) is 3.81. The lowest BCUT2D eigenvalue weighted by atomic mass is 9.78. The molecule has 1 N–H and O–H groups in total. The summed E-state index contributed by atoms with van der Waals surface area (Å²) >= 11 is 6.37. The summed E-state index contributed by atoms with van der Waals surface area (Å²) in [4.78, 5) is 12.0. The molecule has 0 aromatic heterocycles. The van der Waals surface area contributed by atoms with Gasteiger partial charge in [0.15, 0.2) is 0 Å². The monoisotopic (exact) mass is 308 g/mol. The first-order valence-electron chi connectivity index (χ1n) is 7.70. The summed E-state index contributed by atoms with van der Waals surface area (Å²) in [7, 11) is 0. The molecule has 2 aliphatic carbocycles. The van der Waals surface area contributed by atoms with E-state index in [0.717, 1.165) is 24.0 Å². The van der Waals surface area contributed by atoms with Gasteiger partial charge < -0.3 is 9.84 Å². The van der Waals surface area contributed by atoms with E-state index >= 15 is 0 Å². The third kappa shape index (κ3) is 2.76. The van der Waals surface area contributed by atoms with Gasteiger partial charge in [0.25, 0.3) is 0 Å². The molecule has 0 radical (unpaired) electrons. The Bertz CT molecular complexity index is 557. The molecule has 4 heteroatoms. The molecule has 1 aromatic carbocycles. The largest absolute Gasteiger partial charge is 0.491 e. The third-order valence-corrected chi connectivity index (χ3v) is 5.01. The van der Waals surface area contributed by atoms with Crippen LogP contribution in [0.1, 0.15) is 49.7 Å². The van der Waals surface area contributed by atoms with Gasteiger partial charge in [-0.15, -0.1) is 0 Å². The van der Waals surface area contributed by atoms with Crippen molar-refractivity contribution in [2.45, 2.75) is 50.9 Å². The fourth-order valence-corrected chi connectivity index (χ4v) is 3.62. The number of aryl methyl sites for hydroxylation is 1. The van der Waals surface area contributed by atoms with Gasteiger partial charge in [-0.2, -0.15) is 0 Å². The Morgan fingerprint density at radius 1 is 1.38 bits per heavy atom. The van der Waals surface area contributed by atoms with Gasteiger partial charge in [0.2, 0.25) is 0 Å². The van der Waals surface area contributed by atoms with Crippen LogP contribution in [-0.4, -0.2) is 17.7 Å². The number of benzene rings is 1. The van der Waals surface area contributed by atoms with E-state index in [4.69, 9.17) is 16.3 Å². The number of halogens is 1. The maximum atomic E-state index is 12.0. The maximum Gasteiger partial charge on any atom is 0.314 e. The van der Waals surface area contributed by atoms with Crippen LogP contribution in [0.3, 0.4) is 0 Å². The molecule has 2 aliphatic rings. The number of carbonyl (C=O) groups is 1. The highest BCUT2D eigenvalue weighted by Crippen LogP contribution is 2.48. The predicted molar refractivity (Wildman–Crippen MR) is 82.2 cm³/mol. The molecule has 0 atom stereocenters. The highest BCUT2D eigenvalue weighted by atomic mass is 35.5. The molecule has 0 heterocycles. The van der Waals surface area contributed by atoms with Crippen LogP contribution in [0.15, 0.2) is 12.1 Å². The smallest absolute Gasteiger partial charge is 0.314 e. The predicted octanol–water partition coefficient (Wildman–Crippen LogP) is 4.33. The number of hydrogen-bond donors (Lipinski definition) is 1. The lowest BCUT2D eigenvalue weighted by Crippen LogP contribution is -2.33. The molecule has 3 rings (SSSR count). The Hall–Kier alpha value is -1.22. The first kappa shape index (κ1) is 14.7. The Morgan fingerprint density at radius 3 is 2.62 bits per heavy atom. The summed E-state index contributed by atoms with van der Waals surface area (Å²) in [6.45, 7) is 2.59. The van der Waals surface area contributed by atoms with E-state index in [0.29, 0.717) is 36.1 Å². The zero-order valence-electron chi connectivity index (χ0n) is 12.3. The zero-order chi connectivity index (χ0) is 15.0. The van der Waals surface area contributed by atoms with E-state index in [2.05, 4.69) is 0 Å². The van der Waals surface area contributed by atoms with Crippen LogP contribution < -0.4 is 4.74 Å². The molecule has 0 saturated heterocycles. The Balaban J connectivity index is 2.03. The molecular weight excluding hydrogens is 288 g/mol.